The van der Waals surface area contributed by atoms with Gasteiger partial charge in [0, 0.05) is 6.04 Å². The lowest BCUT2D eigenvalue weighted by Gasteiger charge is -2.12. The number of carboxylic acid groups (broad SMARTS) is 2. The zero-order valence-corrected chi connectivity index (χ0v) is 11.8. The number of nitrogens with one attached hydrogen (secondary N) is 1. The highest BCUT2D eigenvalue weighted by molar-refractivity contribution is 5.94. The van der Waals surface area contributed by atoms with E-state index in [1.165, 1.54) is 12.1 Å². The highest BCUT2D eigenvalue weighted by Crippen LogP contribution is 2.17. The normalized spacial score (nSPS) is 11.5. The van der Waals surface area contributed by atoms with Crippen LogP contribution in [0.25, 0.3) is 0 Å². The second-order valence-corrected chi connectivity index (χ2v) is 4.52. The molecule has 1 atom stereocenters. The van der Waals surface area contributed by atoms with Crippen molar-refractivity contribution in [1.29, 1.82) is 0 Å². The molecule has 3 N–H and O–H groups in total. The first-order chi connectivity index (χ1) is 9.83. The van der Waals surface area contributed by atoms with Gasteiger partial charge in [0.15, 0.2) is 6.61 Å². The SMILES string of the molecule is CC[C@H](C)NC(=O)COc1cc(C(=O)O)cc(C(=O)O)c1. The summed E-state index contributed by atoms with van der Waals surface area (Å²) in [5.41, 5.74) is -0.431. The summed E-state index contributed by atoms with van der Waals surface area (Å²) in [4.78, 5) is 33.4. The largest absolute Gasteiger partial charge is 0.484 e. The molecule has 1 aromatic carbocycles. The van der Waals surface area contributed by atoms with Gasteiger partial charge in [-0.3, -0.25) is 4.79 Å². The van der Waals surface area contributed by atoms with Crippen LogP contribution in [0.1, 0.15) is 41.0 Å². The summed E-state index contributed by atoms with van der Waals surface area (Å²) >= 11 is 0. The summed E-state index contributed by atoms with van der Waals surface area (Å²) < 4.78 is 5.16. The lowest BCUT2D eigenvalue weighted by atomic mass is 10.1. The van der Waals surface area contributed by atoms with Crippen molar-refractivity contribution in [2.24, 2.45) is 0 Å². The Balaban J connectivity index is 2.81. The Morgan fingerprint density at radius 3 is 2.10 bits per heavy atom. The third-order valence-electron chi connectivity index (χ3n) is 2.79. The van der Waals surface area contributed by atoms with E-state index in [0.29, 0.717) is 0 Å². The van der Waals surface area contributed by atoms with Crippen molar-refractivity contribution in [1.82, 2.24) is 5.32 Å². The maximum Gasteiger partial charge on any atom is 0.335 e. The summed E-state index contributed by atoms with van der Waals surface area (Å²) in [6.45, 7) is 3.44. The van der Waals surface area contributed by atoms with Crippen LogP contribution in [-0.2, 0) is 4.79 Å². The lowest BCUT2D eigenvalue weighted by Crippen LogP contribution is -2.35. The fraction of sp³-hybridized carbons (Fsp3) is 0.357. The van der Waals surface area contributed by atoms with E-state index in [0.717, 1.165) is 12.5 Å². The minimum atomic E-state index is -1.27. The Labute approximate surface area is 121 Å². The molecule has 0 aliphatic carbocycles. The number of rotatable bonds is 7. The molecular formula is C14H17NO6. The molecule has 7 heteroatoms. The first-order valence-electron chi connectivity index (χ1n) is 6.37. The van der Waals surface area contributed by atoms with Crippen LogP contribution in [0.15, 0.2) is 18.2 Å². The molecule has 1 aromatic rings. The number of hydrogen-bond acceptors (Lipinski definition) is 4. The van der Waals surface area contributed by atoms with Crippen molar-refractivity contribution in [3.63, 3.8) is 0 Å². The number of benzene rings is 1. The highest BCUT2D eigenvalue weighted by atomic mass is 16.5. The number of amides is 1. The van der Waals surface area contributed by atoms with Gasteiger partial charge in [0.05, 0.1) is 11.1 Å². The predicted octanol–water partition coefficient (Wildman–Crippen LogP) is 1.38. The van der Waals surface area contributed by atoms with Crippen LogP contribution in [0.3, 0.4) is 0 Å². The summed E-state index contributed by atoms with van der Waals surface area (Å²) in [6.07, 6.45) is 0.767. The van der Waals surface area contributed by atoms with Crippen molar-refractivity contribution in [3.05, 3.63) is 29.3 Å². The van der Waals surface area contributed by atoms with Crippen molar-refractivity contribution < 1.29 is 29.3 Å². The van der Waals surface area contributed by atoms with E-state index in [-0.39, 0.29) is 35.4 Å². The Morgan fingerprint density at radius 2 is 1.67 bits per heavy atom. The Hall–Kier alpha value is -2.57. The first-order valence-corrected chi connectivity index (χ1v) is 6.37. The second kappa shape index (κ2) is 7.28. The summed E-state index contributed by atoms with van der Waals surface area (Å²) in [5.74, 6) is -2.88. The quantitative estimate of drug-likeness (QED) is 0.700. The molecule has 1 amide bonds. The molecule has 0 saturated heterocycles. The maximum atomic E-state index is 11.6. The van der Waals surface area contributed by atoms with E-state index in [9.17, 15) is 14.4 Å². The topological polar surface area (TPSA) is 113 Å². The molecular weight excluding hydrogens is 278 g/mol. The summed E-state index contributed by atoms with van der Waals surface area (Å²) in [5, 5.41) is 20.5. The summed E-state index contributed by atoms with van der Waals surface area (Å²) in [7, 11) is 0. The maximum absolute atomic E-state index is 11.6. The standard InChI is InChI=1S/C14H17NO6/c1-3-8(2)15-12(16)7-21-11-5-9(13(17)18)4-10(6-11)14(19)20/h4-6,8H,3,7H2,1-2H3,(H,15,16)(H,17,18)(H,19,20)/t8-/m0/s1. The lowest BCUT2D eigenvalue weighted by molar-refractivity contribution is -0.123. The third-order valence-corrected chi connectivity index (χ3v) is 2.79. The van der Waals surface area contributed by atoms with E-state index in [1.807, 2.05) is 13.8 Å². The number of aromatic carboxylic acids is 2. The average molecular weight is 295 g/mol. The molecule has 0 radical (unpaired) electrons. The van der Waals surface area contributed by atoms with Crippen molar-refractivity contribution in [2.75, 3.05) is 6.61 Å². The fourth-order valence-corrected chi connectivity index (χ4v) is 1.50. The van der Waals surface area contributed by atoms with Gasteiger partial charge in [-0.05, 0) is 31.5 Å². The first kappa shape index (κ1) is 16.5. The van der Waals surface area contributed by atoms with Crippen LogP contribution in [0.2, 0.25) is 0 Å². The number of carboxylic acids is 2. The number of hydrogen-bond donors (Lipinski definition) is 3. The van der Waals surface area contributed by atoms with Crippen LogP contribution in [0.4, 0.5) is 0 Å². The van der Waals surface area contributed by atoms with Gasteiger partial charge in [0.1, 0.15) is 5.75 Å². The van der Waals surface area contributed by atoms with E-state index >= 15 is 0 Å². The average Bonchev–Trinajstić information content (AvgIpc) is 2.44. The predicted molar refractivity (Wildman–Crippen MR) is 73.8 cm³/mol. The van der Waals surface area contributed by atoms with Gasteiger partial charge < -0.3 is 20.3 Å². The van der Waals surface area contributed by atoms with Crippen LogP contribution < -0.4 is 10.1 Å². The Morgan fingerprint density at radius 1 is 1.14 bits per heavy atom. The smallest absolute Gasteiger partial charge is 0.335 e. The van der Waals surface area contributed by atoms with Gasteiger partial charge in [0.2, 0.25) is 0 Å². The van der Waals surface area contributed by atoms with Gasteiger partial charge in [-0.15, -0.1) is 0 Å². The van der Waals surface area contributed by atoms with Crippen LogP contribution >= 0.6 is 0 Å². The van der Waals surface area contributed by atoms with Gasteiger partial charge >= 0.3 is 11.9 Å². The molecule has 0 unspecified atom stereocenters. The number of carbonyl (C=O) groups is 3. The van der Waals surface area contributed by atoms with Crippen molar-refractivity contribution in [3.8, 4) is 5.75 Å². The van der Waals surface area contributed by atoms with Crippen LogP contribution in [0.5, 0.6) is 5.75 Å². The molecule has 21 heavy (non-hydrogen) atoms. The molecule has 0 bridgehead atoms. The van der Waals surface area contributed by atoms with E-state index in [4.69, 9.17) is 14.9 Å². The Bertz CT molecular complexity index is 522. The van der Waals surface area contributed by atoms with E-state index in [2.05, 4.69) is 5.32 Å². The van der Waals surface area contributed by atoms with E-state index < -0.39 is 11.9 Å². The van der Waals surface area contributed by atoms with Gasteiger partial charge in [0.25, 0.3) is 5.91 Å². The van der Waals surface area contributed by atoms with Crippen molar-refractivity contribution in [2.45, 2.75) is 26.3 Å². The van der Waals surface area contributed by atoms with Gasteiger partial charge in [-0.25, -0.2) is 9.59 Å². The van der Waals surface area contributed by atoms with Gasteiger partial charge in [-0.2, -0.15) is 0 Å². The second-order valence-electron chi connectivity index (χ2n) is 4.52. The van der Waals surface area contributed by atoms with Crippen molar-refractivity contribution >= 4 is 17.8 Å². The third kappa shape index (κ3) is 5.13. The molecule has 114 valence electrons. The molecule has 0 aromatic heterocycles. The minimum Gasteiger partial charge on any atom is -0.484 e. The number of carbonyl (C=O) groups excluding carboxylic acids is 1. The highest BCUT2D eigenvalue weighted by Gasteiger charge is 2.13. The number of ether oxygens (including phenoxy) is 1. The zero-order chi connectivity index (χ0) is 16.0. The molecule has 0 spiro atoms. The van der Waals surface area contributed by atoms with E-state index in [1.54, 1.807) is 0 Å². The molecule has 1 rings (SSSR count). The zero-order valence-electron chi connectivity index (χ0n) is 11.8. The van der Waals surface area contributed by atoms with Crippen LogP contribution in [-0.4, -0.2) is 40.7 Å². The molecule has 0 heterocycles. The Kier molecular flexibility index (Phi) is 5.71. The molecule has 0 aliphatic rings. The molecule has 0 fully saturated rings. The van der Waals surface area contributed by atoms with Gasteiger partial charge in [-0.1, -0.05) is 6.92 Å². The monoisotopic (exact) mass is 295 g/mol. The minimum absolute atomic E-state index is 0.000958. The van der Waals surface area contributed by atoms with Crippen LogP contribution in [0, 0.1) is 0 Å². The molecule has 0 aliphatic heterocycles. The molecule has 7 nitrogen and oxygen atoms in total. The molecule has 0 saturated carbocycles. The fourth-order valence-electron chi connectivity index (χ4n) is 1.50. The summed E-state index contributed by atoms with van der Waals surface area (Å²) in [6, 6.07) is 3.37.